The third-order valence-electron chi connectivity index (χ3n) is 3.20. The van der Waals surface area contributed by atoms with Crippen LogP contribution in [-0.2, 0) is 12.8 Å². The second-order valence-corrected chi connectivity index (χ2v) is 6.94. The summed E-state index contributed by atoms with van der Waals surface area (Å²) in [5.41, 5.74) is 1.22. The minimum absolute atomic E-state index is 0.736. The van der Waals surface area contributed by atoms with E-state index in [-0.39, 0.29) is 0 Å². The summed E-state index contributed by atoms with van der Waals surface area (Å²) in [4.78, 5) is 10.2. The van der Waals surface area contributed by atoms with E-state index in [4.69, 9.17) is 11.6 Å². The van der Waals surface area contributed by atoms with E-state index in [0.29, 0.717) is 0 Å². The van der Waals surface area contributed by atoms with Crippen LogP contribution in [0.2, 0.25) is 5.02 Å². The van der Waals surface area contributed by atoms with Gasteiger partial charge in [0.25, 0.3) is 0 Å². The van der Waals surface area contributed by atoms with Crippen molar-refractivity contribution in [2.75, 3.05) is 19.6 Å². The number of nitrogens with zero attached hydrogens (tertiary/aromatic N) is 2. The Hall–Kier alpha value is -1.59. The number of thiazole rings is 1. The molecule has 2 N–H and O–H groups in total. The van der Waals surface area contributed by atoms with Crippen LogP contribution in [-0.4, -0.2) is 30.6 Å². The first-order valence-corrected chi connectivity index (χ1v) is 9.04. The minimum Gasteiger partial charge on any atom is -0.357 e. The van der Waals surface area contributed by atoms with E-state index in [1.165, 1.54) is 10.4 Å². The van der Waals surface area contributed by atoms with Crippen molar-refractivity contribution in [2.24, 2.45) is 4.99 Å². The Balaban J connectivity index is 1.79. The zero-order chi connectivity index (χ0) is 16.5. The van der Waals surface area contributed by atoms with Crippen molar-refractivity contribution in [3.63, 3.8) is 0 Å². The Bertz CT molecular complexity index is 639. The highest BCUT2D eigenvalue weighted by Crippen LogP contribution is 2.12. The van der Waals surface area contributed by atoms with E-state index in [1.54, 1.807) is 11.3 Å². The van der Waals surface area contributed by atoms with Gasteiger partial charge in [-0.3, -0.25) is 4.99 Å². The van der Waals surface area contributed by atoms with Gasteiger partial charge in [0.2, 0.25) is 0 Å². The van der Waals surface area contributed by atoms with Gasteiger partial charge in [0.15, 0.2) is 5.96 Å². The van der Waals surface area contributed by atoms with Crippen molar-refractivity contribution in [3.05, 3.63) is 50.9 Å². The van der Waals surface area contributed by atoms with Crippen LogP contribution in [0.1, 0.15) is 22.4 Å². The van der Waals surface area contributed by atoms with Crippen LogP contribution in [0.4, 0.5) is 0 Å². The zero-order valence-electron chi connectivity index (χ0n) is 13.6. The molecule has 0 amide bonds. The Morgan fingerprint density at radius 3 is 2.87 bits per heavy atom. The van der Waals surface area contributed by atoms with Crippen LogP contribution in [0.3, 0.4) is 0 Å². The highest BCUT2D eigenvalue weighted by molar-refractivity contribution is 7.11. The molecule has 1 aromatic carbocycles. The number of aromatic nitrogens is 1. The monoisotopic (exact) mass is 350 g/mol. The van der Waals surface area contributed by atoms with Crippen molar-refractivity contribution in [1.82, 2.24) is 15.6 Å². The molecule has 4 nitrogen and oxygen atoms in total. The first-order chi connectivity index (χ1) is 11.2. The molecule has 0 spiro atoms. The Kier molecular flexibility index (Phi) is 7.36. The van der Waals surface area contributed by atoms with Crippen molar-refractivity contribution in [1.29, 1.82) is 0 Å². The summed E-state index contributed by atoms with van der Waals surface area (Å²) in [7, 11) is 0. The lowest BCUT2D eigenvalue weighted by Crippen LogP contribution is -2.38. The maximum absolute atomic E-state index is 6.00. The van der Waals surface area contributed by atoms with Gasteiger partial charge < -0.3 is 10.6 Å². The van der Waals surface area contributed by atoms with Gasteiger partial charge in [0, 0.05) is 42.2 Å². The van der Waals surface area contributed by atoms with Crippen molar-refractivity contribution in [2.45, 2.75) is 26.7 Å². The number of halogens is 1. The quantitative estimate of drug-likeness (QED) is 0.594. The number of aliphatic imine (C=N–C) groups is 1. The highest BCUT2D eigenvalue weighted by Gasteiger charge is 2.01. The molecule has 2 aromatic rings. The van der Waals surface area contributed by atoms with E-state index in [9.17, 15) is 0 Å². The lowest BCUT2D eigenvalue weighted by Gasteiger charge is -2.11. The molecular formula is C17H23ClN4S. The predicted molar refractivity (Wildman–Crippen MR) is 99.7 cm³/mol. The first kappa shape index (κ1) is 17.8. The van der Waals surface area contributed by atoms with E-state index >= 15 is 0 Å². The molecule has 0 fully saturated rings. The van der Waals surface area contributed by atoms with E-state index in [1.807, 2.05) is 24.4 Å². The summed E-state index contributed by atoms with van der Waals surface area (Å²) < 4.78 is 0. The molecule has 1 aromatic heterocycles. The normalized spacial score (nSPS) is 11.5. The van der Waals surface area contributed by atoms with Crippen LogP contribution in [0.5, 0.6) is 0 Å². The summed E-state index contributed by atoms with van der Waals surface area (Å²) in [6, 6.07) is 7.96. The van der Waals surface area contributed by atoms with Crippen LogP contribution in [0, 0.1) is 6.92 Å². The molecule has 23 heavy (non-hydrogen) atoms. The van der Waals surface area contributed by atoms with Gasteiger partial charge >= 0.3 is 0 Å². The molecule has 0 saturated carbocycles. The molecule has 1 heterocycles. The standard InChI is InChI=1S/C17H23ClN4S/c1-3-19-17(21-10-8-16-22-12-13(2)23-16)20-9-7-14-5-4-6-15(18)11-14/h4-6,11-12H,3,7-10H2,1-2H3,(H2,19,20,21). The molecule has 0 radical (unpaired) electrons. The fraction of sp³-hybridized carbons (Fsp3) is 0.412. The maximum Gasteiger partial charge on any atom is 0.191 e. The molecule has 0 bridgehead atoms. The van der Waals surface area contributed by atoms with Crippen molar-refractivity contribution >= 4 is 28.9 Å². The van der Waals surface area contributed by atoms with Crippen LogP contribution < -0.4 is 10.6 Å². The average Bonchev–Trinajstić information content (AvgIpc) is 2.93. The molecule has 6 heteroatoms. The van der Waals surface area contributed by atoms with Crippen LogP contribution in [0.25, 0.3) is 0 Å². The number of guanidine groups is 1. The smallest absolute Gasteiger partial charge is 0.191 e. The number of benzene rings is 1. The van der Waals surface area contributed by atoms with E-state index in [0.717, 1.165) is 48.5 Å². The zero-order valence-corrected chi connectivity index (χ0v) is 15.2. The molecule has 0 unspecified atom stereocenters. The van der Waals surface area contributed by atoms with Crippen LogP contribution in [0.15, 0.2) is 35.5 Å². The fourth-order valence-corrected chi connectivity index (χ4v) is 3.13. The molecule has 2 rings (SSSR count). The topological polar surface area (TPSA) is 49.3 Å². The largest absolute Gasteiger partial charge is 0.357 e. The number of aryl methyl sites for hydroxylation is 1. The molecule has 0 atom stereocenters. The van der Waals surface area contributed by atoms with Gasteiger partial charge in [-0.15, -0.1) is 11.3 Å². The Labute approximate surface area is 147 Å². The number of nitrogens with one attached hydrogen (secondary N) is 2. The Morgan fingerprint density at radius 1 is 1.30 bits per heavy atom. The van der Waals surface area contributed by atoms with E-state index in [2.05, 4.69) is 40.5 Å². The molecule has 0 aliphatic heterocycles. The van der Waals surface area contributed by atoms with E-state index < -0.39 is 0 Å². The van der Waals surface area contributed by atoms with Crippen molar-refractivity contribution in [3.8, 4) is 0 Å². The molecule has 0 saturated heterocycles. The summed E-state index contributed by atoms with van der Waals surface area (Å²) in [6.07, 6.45) is 3.71. The predicted octanol–water partition coefficient (Wildman–Crippen LogP) is 3.45. The molecule has 0 aliphatic rings. The van der Waals surface area contributed by atoms with Gasteiger partial charge in [-0.2, -0.15) is 0 Å². The van der Waals surface area contributed by atoms with Gasteiger partial charge in [-0.05, 0) is 38.0 Å². The fourth-order valence-electron chi connectivity index (χ4n) is 2.14. The summed E-state index contributed by atoms with van der Waals surface area (Å²) in [5.74, 6) is 0.850. The molecule has 124 valence electrons. The lowest BCUT2D eigenvalue weighted by atomic mass is 10.1. The number of rotatable bonds is 7. The second kappa shape index (κ2) is 9.53. The lowest BCUT2D eigenvalue weighted by molar-refractivity contribution is 0.796. The van der Waals surface area contributed by atoms with Gasteiger partial charge in [0.05, 0.1) is 5.01 Å². The van der Waals surface area contributed by atoms with Gasteiger partial charge in [-0.1, -0.05) is 23.7 Å². The Morgan fingerprint density at radius 2 is 2.17 bits per heavy atom. The van der Waals surface area contributed by atoms with Gasteiger partial charge in [-0.25, -0.2) is 4.98 Å². The minimum atomic E-state index is 0.736. The maximum atomic E-state index is 6.00. The number of hydrogen-bond donors (Lipinski definition) is 2. The molecule has 0 aliphatic carbocycles. The summed E-state index contributed by atoms with van der Waals surface area (Å²) in [6.45, 7) is 6.55. The SMILES string of the molecule is CCNC(=NCCc1ncc(C)s1)NCCc1cccc(Cl)c1. The number of hydrogen-bond acceptors (Lipinski definition) is 3. The summed E-state index contributed by atoms with van der Waals surface area (Å²) >= 11 is 7.74. The average molecular weight is 351 g/mol. The second-order valence-electron chi connectivity index (χ2n) is 5.18. The highest BCUT2D eigenvalue weighted by atomic mass is 35.5. The van der Waals surface area contributed by atoms with Gasteiger partial charge in [0.1, 0.15) is 0 Å². The summed E-state index contributed by atoms with van der Waals surface area (Å²) in [5, 5.41) is 8.55. The molecular weight excluding hydrogens is 328 g/mol. The van der Waals surface area contributed by atoms with Crippen LogP contribution >= 0.6 is 22.9 Å². The third kappa shape index (κ3) is 6.59. The van der Waals surface area contributed by atoms with Crippen molar-refractivity contribution < 1.29 is 0 Å². The first-order valence-electron chi connectivity index (χ1n) is 7.85. The third-order valence-corrected chi connectivity index (χ3v) is 4.41.